The number of halogens is 1. The number of benzene rings is 1. The third-order valence-electron chi connectivity index (χ3n) is 6.33. The van der Waals surface area contributed by atoms with Crippen LogP contribution in [0.15, 0.2) is 30.3 Å². The number of hydrogen-bond donors (Lipinski definition) is 3. The quantitative estimate of drug-likeness (QED) is 0.682. The van der Waals surface area contributed by atoms with Crippen LogP contribution in [0.4, 0.5) is 4.39 Å². The minimum Gasteiger partial charge on any atom is -0.389 e. The lowest BCUT2D eigenvalue weighted by molar-refractivity contribution is -0.131. The van der Waals surface area contributed by atoms with Crippen LogP contribution in [0.2, 0.25) is 0 Å². The number of aromatic amines is 1. The van der Waals surface area contributed by atoms with Crippen molar-refractivity contribution < 1.29 is 19.1 Å². The summed E-state index contributed by atoms with van der Waals surface area (Å²) in [5.74, 6) is -0.582. The zero-order valence-electron chi connectivity index (χ0n) is 17.6. The van der Waals surface area contributed by atoms with Gasteiger partial charge in [-0.1, -0.05) is 0 Å². The molecule has 0 bridgehead atoms. The molecular formula is C22H28FN5O3. The second kappa shape index (κ2) is 9.15. The molecule has 2 heterocycles. The highest BCUT2D eigenvalue weighted by molar-refractivity contribution is 5.93. The minimum absolute atomic E-state index is 0.0373. The number of hydrogen-bond acceptors (Lipinski definition) is 5. The van der Waals surface area contributed by atoms with Gasteiger partial charge in [-0.15, -0.1) is 0 Å². The van der Waals surface area contributed by atoms with Crippen LogP contribution in [-0.4, -0.2) is 81.3 Å². The summed E-state index contributed by atoms with van der Waals surface area (Å²) < 4.78 is 13.1. The topological polar surface area (TPSA) is 102 Å². The highest BCUT2D eigenvalue weighted by Gasteiger charge is 2.37. The first-order valence-corrected chi connectivity index (χ1v) is 10.7. The molecule has 166 valence electrons. The second-order valence-corrected chi connectivity index (χ2v) is 8.28. The SMILES string of the molecule is CC(=O)N1CCN([C@@H]2CCC[C@@H](NC(=O)c3cc(-c4ccc(F)cc4)n[nH]3)[C@H]2O)CC1. The molecule has 1 aliphatic carbocycles. The van der Waals surface area contributed by atoms with E-state index in [4.69, 9.17) is 0 Å². The first kappa shape index (κ1) is 21.5. The molecule has 2 fully saturated rings. The lowest BCUT2D eigenvalue weighted by Gasteiger charge is -2.44. The molecule has 1 aromatic heterocycles. The van der Waals surface area contributed by atoms with Gasteiger partial charge in [0.2, 0.25) is 5.91 Å². The molecule has 3 atom stereocenters. The van der Waals surface area contributed by atoms with Gasteiger partial charge in [0.15, 0.2) is 0 Å². The molecular weight excluding hydrogens is 401 g/mol. The monoisotopic (exact) mass is 429 g/mol. The molecule has 1 aromatic carbocycles. The number of nitrogens with one attached hydrogen (secondary N) is 2. The van der Waals surface area contributed by atoms with Crippen LogP contribution in [0.3, 0.4) is 0 Å². The van der Waals surface area contributed by atoms with Gasteiger partial charge < -0.3 is 15.3 Å². The van der Waals surface area contributed by atoms with E-state index >= 15 is 0 Å². The summed E-state index contributed by atoms with van der Waals surface area (Å²) in [6, 6.07) is 7.13. The van der Waals surface area contributed by atoms with Crippen molar-refractivity contribution in [1.82, 2.24) is 25.3 Å². The van der Waals surface area contributed by atoms with Crippen molar-refractivity contribution in [3.63, 3.8) is 0 Å². The molecule has 2 aliphatic rings. The molecule has 0 radical (unpaired) electrons. The van der Waals surface area contributed by atoms with E-state index in [0.717, 1.165) is 25.9 Å². The van der Waals surface area contributed by atoms with E-state index in [1.807, 2.05) is 4.90 Å². The predicted molar refractivity (Wildman–Crippen MR) is 113 cm³/mol. The predicted octanol–water partition coefficient (Wildman–Crippen LogP) is 1.39. The number of aromatic nitrogens is 2. The van der Waals surface area contributed by atoms with E-state index in [1.165, 1.54) is 12.1 Å². The normalized spacial score (nSPS) is 24.7. The average molecular weight is 429 g/mol. The Morgan fingerprint density at radius 2 is 1.87 bits per heavy atom. The first-order valence-electron chi connectivity index (χ1n) is 10.7. The maximum atomic E-state index is 13.1. The first-order chi connectivity index (χ1) is 14.9. The van der Waals surface area contributed by atoms with Crippen LogP contribution in [0.25, 0.3) is 11.3 Å². The molecule has 0 unspecified atom stereocenters. The molecule has 0 spiro atoms. The van der Waals surface area contributed by atoms with Crippen molar-refractivity contribution in [1.29, 1.82) is 0 Å². The summed E-state index contributed by atoms with van der Waals surface area (Å²) in [5, 5.41) is 20.8. The van der Waals surface area contributed by atoms with Crippen molar-refractivity contribution in [2.24, 2.45) is 0 Å². The van der Waals surface area contributed by atoms with Crippen molar-refractivity contribution in [3.05, 3.63) is 41.8 Å². The van der Waals surface area contributed by atoms with Crippen LogP contribution in [-0.2, 0) is 4.79 Å². The van der Waals surface area contributed by atoms with Crippen LogP contribution >= 0.6 is 0 Å². The van der Waals surface area contributed by atoms with E-state index in [0.29, 0.717) is 36.5 Å². The van der Waals surface area contributed by atoms with Crippen LogP contribution < -0.4 is 5.32 Å². The van der Waals surface area contributed by atoms with E-state index in [-0.39, 0.29) is 29.7 Å². The summed E-state index contributed by atoms with van der Waals surface area (Å²) in [6.45, 7) is 4.35. The van der Waals surface area contributed by atoms with Gasteiger partial charge in [-0.2, -0.15) is 5.10 Å². The third kappa shape index (κ3) is 4.77. The fourth-order valence-electron chi connectivity index (χ4n) is 4.53. The highest BCUT2D eigenvalue weighted by atomic mass is 19.1. The largest absolute Gasteiger partial charge is 0.389 e. The number of carbonyl (C=O) groups excluding carboxylic acids is 2. The molecule has 1 saturated carbocycles. The smallest absolute Gasteiger partial charge is 0.269 e. The Morgan fingerprint density at radius 1 is 1.16 bits per heavy atom. The number of aliphatic hydroxyl groups excluding tert-OH is 1. The molecule has 4 rings (SSSR count). The maximum absolute atomic E-state index is 13.1. The summed E-state index contributed by atoms with van der Waals surface area (Å²) in [4.78, 5) is 28.3. The molecule has 3 N–H and O–H groups in total. The standard InChI is InChI=1S/C22H28FN5O3/c1-14(29)27-9-11-28(12-10-27)20-4-2-3-17(21(20)30)24-22(31)19-13-18(25-26-19)15-5-7-16(23)8-6-15/h5-8,13,17,20-21,30H,2-4,9-12H2,1H3,(H,24,31)(H,25,26)/t17-,20-,21-/m1/s1. The molecule has 8 nitrogen and oxygen atoms in total. The maximum Gasteiger partial charge on any atom is 0.269 e. The van der Waals surface area contributed by atoms with Crippen molar-refractivity contribution >= 4 is 11.8 Å². The highest BCUT2D eigenvalue weighted by Crippen LogP contribution is 2.25. The van der Waals surface area contributed by atoms with Crippen molar-refractivity contribution in [3.8, 4) is 11.3 Å². The third-order valence-corrected chi connectivity index (χ3v) is 6.33. The molecule has 1 aliphatic heterocycles. The van der Waals surface area contributed by atoms with E-state index in [9.17, 15) is 19.1 Å². The number of amides is 2. The molecule has 9 heteroatoms. The molecule has 31 heavy (non-hydrogen) atoms. The van der Waals surface area contributed by atoms with Gasteiger partial charge in [-0.05, 0) is 49.6 Å². The Labute approximate surface area is 180 Å². The van der Waals surface area contributed by atoms with Gasteiger partial charge in [0, 0.05) is 44.7 Å². The van der Waals surface area contributed by atoms with Gasteiger partial charge in [-0.25, -0.2) is 4.39 Å². The zero-order chi connectivity index (χ0) is 22.0. The number of rotatable bonds is 4. The van der Waals surface area contributed by atoms with Gasteiger partial charge >= 0.3 is 0 Å². The summed E-state index contributed by atoms with van der Waals surface area (Å²) in [7, 11) is 0. The second-order valence-electron chi connectivity index (χ2n) is 8.28. The van der Waals surface area contributed by atoms with Gasteiger partial charge in [-0.3, -0.25) is 19.6 Å². The zero-order valence-corrected chi connectivity index (χ0v) is 17.6. The summed E-state index contributed by atoms with van der Waals surface area (Å²) in [6.07, 6.45) is 1.80. The fraction of sp³-hybridized carbons (Fsp3) is 0.500. The average Bonchev–Trinajstić information content (AvgIpc) is 3.26. The number of carbonyl (C=O) groups is 2. The van der Waals surface area contributed by atoms with Gasteiger partial charge in [0.1, 0.15) is 11.5 Å². The van der Waals surface area contributed by atoms with Crippen molar-refractivity contribution in [2.45, 2.75) is 44.4 Å². The Balaban J connectivity index is 1.37. The number of aliphatic hydroxyl groups is 1. The Hall–Kier alpha value is -2.78. The Morgan fingerprint density at radius 3 is 2.55 bits per heavy atom. The molecule has 2 amide bonds. The molecule has 2 aromatic rings. The molecule has 1 saturated heterocycles. The summed E-state index contributed by atoms with van der Waals surface area (Å²) in [5.41, 5.74) is 1.55. The van der Waals surface area contributed by atoms with Crippen LogP contribution in [0.5, 0.6) is 0 Å². The van der Waals surface area contributed by atoms with E-state index in [2.05, 4.69) is 20.4 Å². The van der Waals surface area contributed by atoms with E-state index < -0.39 is 6.10 Å². The fourth-order valence-corrected chi connectivity index (χ4v) is 4.53. The van der Waals surface area contributed by atoms with E-state index in [1.54, 1.807) is 25.1 Å². The number of piperazine rings is 1. The van der Waals surface area contributed by atoms with Crippen LogP contribution in [0, 0.1) is 5.82 Å². The Bertz CT molecular complexity index is 923. The lowest BCUT2D eigenvalue weighted by Crippen LogP contribution is -2.60. The van der Waals surface area contributed by atoms with Crippen molar-refractivity contribution in [2.75, 3.05) is 26.2 Å². The lowest BCUT2D eigenvalue weighted by atomic mass is 9.86. The minimum atomic E-state index is -0.680. The number of nitrogens with zero attached hydrogens (tertiary/aromatic N) is 3. The van der Waals surface area contributed by atoms with Crippen LogP contribution in [0.1, 0.15) is 36.7 Å². The number of H-pyrrole nitrogens is 1. The summed E-state index contributed by atoms with van der Waals surface area (Å²) >= 11 is 0. The Kier molecular flexibility index (Phi) is 6.33. The van der Waals surface area contributed by atoms with Gasteiger partial charge in [0.05, 0.1) is 17.8 Å². The van der Waals surface area contributed by atoms with Gasteiger partial charge in [0.25, 0.3) is 5.91 Å².